The van der Waals surface area contributed by atoms with Gasteiger partial charge in [0, 0.05) is 36.6 Å². The molecule has 6 atom stereocenters. The molecule has 1 amide bonds. The molecule has 9 heteroatoms. The van der Waals surface area contributed by atoms with E-state index in [2.05, 4.69) is 33.9 Å². The van der Waals surface area contributed by atoms with Gasteiger partial charge in [-0.1, -0.05) is 43.7 Å². The fraction of sp³-hybridized carbons (Fsp3) is 0.545. The monoisotopic (exact) mass is 612 g/mol. The summed E-state index contributed by atoms with van der Waals surface area (Å²) in [6.07, 6.45) is 10.1. The van der Waals surface area contributed by atoms with Crippen molar-refractivity contribution in [2.75, 3.05) is 31.7 Å². The highest BCUT2D eigenvalue weighted by Gasteiger charge is 2.44. The first-order valence-corrected chi connectivity index (χ1v) is 17.0. The Labute approximate surface area is 254 Å². The zero-order chi connectivity index (χ0) is 29.6. The Morgan fingerprint density at radius 2 is 1.98 bits per heavy atom. The third kappa shape index (κ3) is 5.46. The maximum Gasteiger partial charge on any atom is 0.264 e. The molecule has 2 heterocycles. The van der Waals surface area contributed by atoms with Crippen LogP contribution in [0.2, 0.25) is 5.02 Å². The highest BCUT2D eigenvalue weighted by molar-refractivity contribution is 7.90. The van der Waals surface area contributed by atoms with Crippen LogP contribution in [0.15, 0.2) is 53.4 Å². The Morgan fingerprint density at radius 3 is 2.74 bits per heavy atom. The Hall–Kier alpha value is -2.55. The third-order valence-corrected chi connectivity index (χ3v) is 11.9. The second-order valence-electron chi connectivity index (χ2n) is 12.8. The van der Waals surface area contributed by atoms with Crippen LogP contribution in [0.5, 0.6) is 5.75 Å². The Morgan fingerprint density at radius 1 is 1.14 bits per heavy atom. The molecule has 7 nitrogen and oxygen atoms in total. The number of anilines is 1. The standard InChI is InChI=1S/C33H41ClN2O5S/c1-21-6-4-8-30(40-3)27-13-10-24(27)18-36-19-33(15-5-7-23-9-11-25(34)16-28(23)33)20-41-31-14-12-26(17-29(31)36)42(38,39)35-32(37)22(21)2/h4,8-9,11-12,14,16-17,21-22,24,27,30H,5-7,10,13,15,18-20H2,1-3H3,(H,35,37)/b8-4+/t21-,22+,24-,27+,30-,33-/m0/s1. The highest BCUT2D eigenvalue weighted by atomic mass is 35.5. The maximum atomic E-state index is 13.5. The first-order chi connectivity index (χ1) is 20.1. The van der Waals surface area contributed by atoms with Gasteiger partial charge in [-0.05, 0) is 97.7 Å². The molecule has 2 aromatic rings. The number of methoxy groups -OCH3 is 1. The summed E-state index contributed by atoms with van der Waals surface area (Å²) in [4.78, 5) is 15.5. The van der Waals surface area contributed by atoms with Crippen LogP contribution >= 0.6 is 11.6 Å². The fourth-order valence-corrected chi connectivity index (χ4v) is 8.60. The average molecular weight is 613 g/mol. The van der Waals surface area contributed by atoms with Crippen molar-refractivity contribution >= 4 is 33.2 Å². The number of rotatable bonds is 1. The molecule has 1 fully saturated rings. The predicted octanol–water partition coefficient (Wildman–Crippen LogP) is 5.89. The highest BCUT2D eigenvalue weighted by Crippen LogP contribution is 2.47. The molecule has 226 valence electrons. The number of halogens is 1. The summed E-state index contributed by atoms with van der Waals surface area (Å²) in [6, 6.07) is 11.2. The summed E-state index contributed by atoms with van der Waals surface area (Å²) in [5.41, 5.74) is 3.00. The van der Waals surface area contributed by atoms with E-state index in [-0.39, 0.29) is 22.3 Å². The number of fused-ring (bicyclic) bond motifs is 4. The first kappa shape index (κ1) is 29.5. The van der Waals surface area contributed by atoms with Crippen molar-refractivity contribution in [2.45, 2.75) is 68.8 Å². The molecule has 6 rings (SSSR count). The normalized spacial score (nSPS) is 33.3. The largest absolute Gasteiger partial charge is 0.490 e. The first-order valence-electron chi connectivity index (χ1n) is 15.2. The lowest BCUT2D eigenvalue weighted by molar-refractivity contribution is -0.124. The van der Waals surface area contributed by atoms with E-state index in [1.807, 2.05) is 13.0 Å². The van der Waals surface area contributed by atoms with Crippen LogP contribution in [0.1, 0.15) is 57.1 Å². The van der Waals surface area contributed by atoms with Crippen LogP contribution in [-0.4, -0.2) is 47.2 Å². The quantitative estimate of drug-likeness (QED) is 0.404. The zero-order valence-electron chi connectivity index (χ0n) is 24.6. The van der Waals surface area contributed by atoms with E-state index in [9.17, 15) is 13.2 Å². The number of carbonyl (C=O) groups excluding carboxylic acids is 1. The molecular formula is C33H41ClN2O5S. The van der Waals surface area contributed by atoms with Crippen LogP contribution in [0.3, 0.4) is 0 Å². The number of aryl methyl sites for hydroxylation is 1. The fourth-order valence-electron chi connectivity index (χ4n) is 7.34. The molecule has 1 spiro atoms. The summed E-state index contributed by atoms with van der Waals surface area (Å²) >= 11 is 6.53. The minimum Gasteiger partial charge on any atom is -0.490 e. The lowest BCUT2D eigenvalue weighted by Gasteiger charge is -2.46. The van der Waals surface area contributed by atoms with E-state index in [0.29, 0.717) is 42.2 Å². The van der Waals surface area contributed by atoms with Gasteiger partial charge in [0.1, 0.15) is 5.75 Å². The number of nitrogens with zero attached hydrogens (tertiary/aromatic N) is 1. The van der Waals surface area contributed by atoms with Crippen LogP contribution < -0.4 is 14.4 Å². The van der Waals surface area contributed by atoms with Gasteiger partial charge in [0.25, 0.3) is 10.0 Å². The molecule has 2 aromatic carbocycles. The smallest absolute Gasteiger partial charge is 0.264 e. The van der Waals surface area contributed by atoms with Gasteiger partial charge in [0.05, 0.1) is 23.3 Å². The van der Waals surface area contributed by atoms with E-state index >= 15 is 0 Å². The zero-order valence-corrected chi connectivity index (χ0v) is 26.2. The molecule has 0 unspecified atom stereocenters. The van der Waals surface area contributed by atoms with Gasteiger partial charge in [-0.15, -0.1) is 0 Å². The van der Waals surface area contributed by atoms with Gasteiger partial charge < -0.3 is 14.4 Å². The van der Waals surface area contributed by atoms with Crippen molar-refractivity contribution in [1.29, 1.82) is 0 Å². The molecule has 1 N–H and O–H groups in total. The minimum absolute atomic E-state index is 0.00873. The number of carbonyl (C=O) groups is 1. The van der Waals surface area contributed by atoms with Crippen LogP contribution in [0, 0.1) is 23.7 Å². The van der Waals surface area contributed by atoms with Gasteiger partial charge >= 0.3 is 0 Å². The van der Waals surface area contributed by atoms with Gasteiger partial charge in [-0.2, -0.15) is 0 Å². The van der Waals surface area contributed by atoms with E-state index in [4.69, 9.17) is 21.1 Å². The second-order valence-corrected chi connectivity index (χ2v) is 15.0. The van der Waals surface area contributed by atoms with Crippen molar-refractivity contribution in [3.8, 4) is 5.75 Å². The topological polar surface area (TPSA) is 84.9 Å². The summed E-state index contributed by atoms with van der Waals surface area (Å²) < 4.78 is 41.9. The Balaban J connectivity index is 1.45. The van der Waals surface area contributed by atoms with E-state index in [0.717, 1.165) is 44.3 Å². The van der Waals surface area contributed by atoms with E-state index in [1.165, 1.54) is 11.1 Å². The van der Waals surface area contributed by atoms with Crippen LogP contribution in [0.25, 0.3) is 0 Å². The molecule has 4 aliphatic rings. The number of hydrogen-bond donors (Lipinski definition) is 1. The van der Waals surface area contributed by atoms with Crippen molar-refractivity contribution in [3.05, 3.63) is 64.7 Å². The SMILES string of the molecule is CO[C@H]1/C=C/C[C@H](C)[C@@H](C)C(=O)NS(=O)(=O)c2ccc3c(c2)N(C[C@@H]2CC[C@H]21)C[C@@]1(CCCc2ccc(Cl)cc21)CO3. The van der Waals surface area contributed by atoms with Gasteiger partial charge in [0.15, 0.2) is 0 Å². The summed E-state index contributed by atoms with van der Waals surface area (Å²) in [6.45, 7) is 5.69. The third-order valence-electron chi connectivity index (χ3n) is 10.3. The molecule has 0 saturated heterocycles. The van der Waals surface area contributed by atoms with E-state index < -0.39 is 21.8 Å². The molecule has 0 radical (unpaired) electrons. The minimum atomic E-state index is -4.08. The lowest BCUT2D eigenvalue weighted by atomic mass is 9.68. The van der Waals surface area contributed by atoms with Crippen molar-refractivity contribution in [2.24, 2.45) is 23.7 Å². The van der Waals surface area contributed by atoms with Crippen LogP contribution in [0.4, 0.5) is 5.69 Å². The van der Waals surface area contributed by atoms with Gasteiger partial charge in [0.2, 0.25) is 5.91 Å². The number of amides is 1. The van der Waals surface area contributed by atoms with Gasteiger partial charge in [-0.3, -0.25) is 4.79 Å². The number of benzene rings is 2. The predicted molar refractivity (Wildman–Crippen MR) is 165 cm³/mol. The van der Waals surface area contributed by atoms with Gasteiger partial charge in [-0.25, -0.2) is 13.1 Å². The number of hydrogen-bond acceptors (Lipinski definition) is 6. The molecule has 42 heavy (non-hydrogen) atoms. The number of nitrogens with one attached hydrogen (secondary N) is 1. The Bertz CT molecular complexity index is 1490. The molecule has 2 aliphatic carbocycles. The molecule has 2 bridgehead atoms. The molecule has 2 aliphatic heterocycles. The molecule has 1 saturated carbocycles. The molecular weight excluding hydrogens is 572 g/mol. The summed E-state index contributed by atoms with van der Waals surface area (Å²) in [5.74, 6) is 0.399. The Kier molecular flexibility index (Phi) is 8.09. The lowest BCUT2D eigenvalue weighted by Crippen LogP contribution is -2.49. The second kappa shape index (κ2) is 11.5. The number of sulfonamides is 1. The number of ether oxygens (including phenoxy) is 2. The number of allylic oxidation sites excluding steroid dienone is 1. The average Bonchev–Trinajstić information content (AvgIpc) is 3.11. The van der Waals surface area contributed by atoms with Crippen LogP contribution in [-0.2, 0) is 31.4 Å². The molecule has 0 aromatic heterocycles. The van der Waals surface area contributed by atoms with Crippen molar-refractivity contribution < 1.29 is 22.7 Å². The maximum absolute atomic E-state index is 13.5. The van der Waals surface area contributed by atoms with Crippen molar-refractivity contribution in [1.82, 2.24) is 4.72 Å². The summed E-state index contributed by atoms with van der Waals surface area (Å²) in [5, 5.41) is 0.714. The van der Waals surface area contributed by atoms with Crippen molar-refractivity contribution in [3.63, 3.8) is 0 Å². The summed E-state index contributed by atoms with van der Waals surface area (Å²) in [7, 11) is -2.31. The van der Waals surface area contributed by atoms with E-state index in [1.54, 1.807) is 32.2 Å².